The molecule has 0 radical (unpaired) electrons. The minimum atomic E-state index is 0.359. The van der Waals surface area contributed by atoms with Crippen molar-refractivity contribution in [3.05, 3.63) is 24.2 Å². The number of anilines is 1. The van der Waals surface area contributed by atoms with E-state index in [1.165, 1.54) is 6.42 Å². The molecule has 2 heterocycles. The van der Waals surface area contributed by atoms with E-state index in [9.17, 15) is 0 Å². The van der Waals surface area contributed by atoms with Crippen LogP contribution in [0.25, 0.3) is 5.52 Å². The van der Waals surface area contributed by atoms with Crippen molar-refractivity contribution in [1.29, 1.82) is 0 Å². The number of aromatic nitrogens is 3. The number of fused-ring (bicyclic) bond motifs is 1. The molecule has 1 aliphatic carbocycles. The van der Waals surface area contributed by atoms with Crippen LogP contribution in [-0.2, 0) is 0 Å². The van der Waals surface area contributed by atoms with Gasteiger partial charge in [0.2, 0.25) is 0 Å². The molecule has 1 N–H and O–H groups in total. The molecule has 18 heavy (non-hydrogen) atoms. The van der Waals surface area contributed by atoms with Gasteiger partial charge >= 0.3 is 0 Å². The van der Waals surface area contributed by atoms with Gasteiger partial charge in [0, 0.05) is 24.3 Å². The molecule has 0 bridgehead atoms. The second-order valence-electron chi connectivity index (χ2n) is 5.05. The van der Waals surface area contributed by atoms with Gasteiger partial charge in [-0.05, 0) is 38.2 Å². The molecule has 2 unspecified atom stereocenters. The summed E-state index contributed by atoms with van der Waals surface area (Å²) in [5.74, 6) is 1.58. The predicted octanol–water partition coefficient (Wildman–Crippen LogP) is 2.86. The topological polar surface area (TPSA) is 42.2 Å². The van der Waals surface area contributed by atoms with Crippen LogP contribution in [0.4, 0.5) is 5.82 Å². The van der Waals surface area contributed by atoms with Crippen molar-refractivity contribution in [3.8, 4) is 0 Å². The molecule has 0 aromatic carbocycles. The van der Waals surface area contributed by atoms with E-state index in [0.29, 0.717) is 11.3 Å². The van der Waals surface area contributed by atoms with Crippen molar-refractivity contribution < 1.29 is 0 Å². The lowest BCUT2D eigenvalue weighted by atomic mass is 10.1. The highest BCUT2D eigenvalue weighted by Gasteiger charge is 2.22. The van der Waals surface area contributed by atoms with Crippen LogP contribution in [0.1, 0.15) is 25.0 Å². The van der Waals surface area contributed by atoms with Crippen LogP contribution in [-0.4, -0.2) is 26.5 Å². The molecule has 4 nitrogen and oxygen atoms in total. The Bertz CT molecular complexity index is 551. The van der Waals surface area contributed by atoms with Crippen molar-refractivity contribution >= 4 is 22.9 Å². The fourth-order valence-corrected chi connectivity index (χ4v) is 3.00. The summed E-state index contributed by atoms with van der Waals surface area (Å²) < 4.78 is 1.86. The fraction of sp³-hybridized carbons (Fsp3) is 0.538. The van der Waals surface area contributed by atoms with Crippen LogP contribution in [0, 0.1) is 12.8 Å². The normalized spacial score (nSPS) is 23.7. The first-order chi connectivity index (χ1) is 8.72. The summed E-state index contributed by atoms with van der Waals surface area (Å²) in [6, 6.07) is 2.05. The number of rotatable bonds is 3. The van der Waals surface area contributed by atoms with Gasteiger partial charge in [0.05, 0.1) is 5.69 Å². The van der Waals surface area contributed by atoms with E-state index in [1.807, 2.05) is 23.7 Å². The highest BCUT2D eigenvalue weighted by Crippen LogP contribution is 2.29. The highest BCUT2D eigenvalue weighted by atomic mass is 35.5. The number of nitrogens with one attached hydrogen (secondary N) is 1. The Labute approximate surface area is 111 Å². The van der Waals surface area contributed by atoms with Gasteiger partial charge in [0.25, 0.3) is 0 Å². The molecular weight excluding hydrogens is 248 g/mol. The summed E-state index contributed by atoms with van der Waals surface area (Å²) in [4.78, 5) is 4.40. The van der Waals surface area contributed by atoms with Gasteiger partial charge in [-0.3, -0.25) is 0 Å². The zero-order valence-corrected chi connectivity index (χ0v) is 11.2. The number of alkyl halides is 1. The summed E-state index contributed by atoms with van der Waals surface area (Å²) >= 11 is 6.13. The average molecular weight is 265 g/mol. The van der Waals surface area contributed by atoms with Crippen molar-refractivity contribution in [2.75, 3.05) is 11.9 Å². The Morgan fingerprint density at radius 3 is 3.17 bits per heavy atom. The third kappa shape index (κ3) is 2.29. The first kappa shape index (κ1) is 11.8. The maximum absolute atomic E-state index is 6.13. The minimum Gasteiger partial charge on any atom is -0.368 e. The Morgan fingerprint density at radius 1 is 1.50 bits per heavy atom. The molecule has 2 aromatic rings. The quantitative estimate of drug-likeness (QED) is 0.867. The molecule has 0 aliphatic heterocycles. The van der Waals surface area contributed by atoms with Crippen LogP contribution in [0.3, 0.4) is 0 Å². The summed E-state index contributed by atoms with van der Waals surface area (Å²) in [6.07, 6.45) is 7.11. The first-order valence-corrected chi connectivity index (χ1v) is 6.85. The van der Waals surface area contributed by atoms with E-state index >= 15 is 0 Å². The predicted molar refractivity (Wildman–Crippen MR) is 73.2 cm³/mol. The Morgan fingerprint density at radius 2 is 2.39 bits per heavy atom. The van der Waals surface area contributed by atoms with Gasteiger partial charge in [0.15, 0.2) is 5.82 Å². The monoisotopic (exact) mass is 264 g/mol. The van der Waals surface area contributed by atoms with E-state index < -0.39 is 0 Å². The van der Waals surface area contributed by atoms with Crippen molar-refractivity contribution in [2.45, 2.75) is 31.6 Å². The largest absolute Gasteiger partial charge is 0.368 e. The summed E-state index contributed by atoms with van der Waals surface area (Å²) in [7, 11) is 0. The molecule has 2 aromatic heterocycles. The molecule has 0 saturated heterocycles. The third-order valence-electron chi connectivity index (χ3n) is 3.55. The minimum absolute atomic E-state index is 0.359. The van der Waals surface area contributed by atoms with Crippen LogP contribution in [0.5, 0.6) is 0 Å². The van der Waals surface area contributed by atoms with E-state index in [2.05, 4.69) is 15.4 Å². The first-order valence-electron chi connectivity index (χ1n) is 6.41. The third-order valence-corrected chi connectivity index (χ3v) is 3.94. The van der Waals surface area contributed by atoms with Crippen molar-refractivity contribution in [2.24, 2.45) is 5.92 Å². The number of aryl methyl sites for hydroxylation is 1. The standard InChI is InChI=1S/C13H17ClN4/c1-9-6-12-13(15-4-5-18(12)17-9)16-8-10-2-3-11(14)7-10/h4-6,10-11H,2-3,7-8H2,1H3,(H,15,16). The molecule has 1 fully saturated rings. The van der Waals surface area contributed by atoms with Crippen LogP contribution in [0.2, 0.25) is 0 Å². The number of halogens is 1. The molecule has 0 amide bonds. The number of hydrogen-bond donors (Lipinski definition) is 1. The van der Waals surface area contributed by atoms with Gasteiger partial charge in [-0.25, -0.2) is 9.50 Å². The number of nitrogens with zero attached hydrogens (tertiary/aromatic N) is 3. The number of hydrogen-bond acceptors (Lipinski definition) is 3. The Kier molecular flexibility index (Phi) is 3.12. The van der Waals surface area contributed by atoms with E-state index in [0.717, 1.165) is 36.4 Å². The van der Waals surface area contributed by atoms with E-state index in [1.54, 1.807) is 6.20 Å². The van der Waals surface area contributed by atoms with Crippen LogP contribution >= 0.6 is 11.6 Å². The van der Waals surface area contributed by atoms with Crippen molar-refractivity contribution in [3.63, 3.8) is 0 Å². The molecule has 5 heteroatoms. The maximum atomic E-state index is 6.13. The van der Waals surface area contributed by atoms with Gasteiger partial charge in [-0.1, -0.05) is 0 Å². The second kappa shape index (κ2) is 4.76. The Balaban J connectivity index is 1.74. The smallest absolute Gasteiger partial charge is 0.152 e. The van der Waals surface area contributed by atoms with Gasteiger partial charge < -0.3 is 5.32 Å². The Hall–Kier alpha value is -1.29. The molecule has 0 spiro atoms. The highest BCUT2D eigenvalue weighted by molar-refractivity contribution is 6.20. The van der Waals surface area contributed by atoms with Gasteiger partial charge in [-0.2, -0.15) is 5.10 Å². The molecule has 96 valence electrons. The fourth-order valence-electron chi connectivity index (χ4n) is 2.62. The van der Waals surface area contributed by atoms with Crippen LogP contribution < -0.4 is 5.32 Å². The maximum Gasteiger partial charge on any atom is 0.152 e. The molecule has 1 saturated carbocycles. The van der Waals surface area contributed by atoms with Gasteiger partial charge in [-0.15, -0.1) is 11.6 Å². The lowest BCUT2D eigenvalue weighted by Gasteiger charge is -2.11. The van der Waals surface area contributed by atoms with Gasteiger partial charge in [0.1, 0.15) is 5.52 Å². The molecule has 2 atom stereocenters. The SMILES string of the molecule is Cc1cc2c(NCC3CCC(Cl)C3)nccn2n1. The average Bonchev–Trinajstić information content (AvgIpc) is 2.91. The summed E-state index contributed by atoms with van der Waals surface area (Å²) in [6.45, 7) is 2.94. The van der Waals surface area contributed by atoms with Crippen LogP contribution in [0.15, 0.2) is 18.5 Å². The summed E-state index contributed by atoms with van der Waals surface area (Å²) in [5.41, 5.74) is 2.04. The van der Waals surface area contributed by atoms with Crippen molar-refractivity contribution in [1.82, 2.24) is 14.6 Å². The second-order valence-corrected chi connectivity index (χ2v) is 5.67. The summed E-state index contributed by atoms with van der Waals surface area (Å²) in [5, 5.41) is 8.17. The lowest BCUT2D eigenvalue weighted by molar-refractivity contribution is 0.579. The molecule has 1 aliphatic rings. The van der Waals surface area contributed by atoms with E-state index in [-0.39, 0.29) is 0 Å². The lowest BCUT2D eigenvalue weighted by Crippen LogP contribution is -2.13. The van der Waals surface area contributed by atoms with E-state index in [4.69, 9.17) is 11.6 Å². The molecule has 3 rings (SSSR count). The molecular formula is C13H17ClN4. The zero-order valence-electron chi connectivity index (χ0n) is 10.4. The zero-order chi connectivity index (χ0) is 12.5.